The number of carbonyl (C=O) groups excluding carboxylic acids is 1. The predicted molar refractivity (Wildman–Crippen MR) is 105 cm³/mol. The molecule has 1 atom stereocenters. The van der Waals surface area contributed by atoms with Gasteiger partial charge in [-0.2, -0.15) is 0 Å². The molecule has 2 aromatic carbocycles. The minimum Gasteiger partial charge on any atom is -0.497 e. The zero-order valence-electron chi connectivity index (χ0n) is 15.2. The van der Waals surface area contributed by atoms with Gasteiger partial charge in [-0.05, 0) is 47.9 Å². The van der Waals surface area contributed by atoms with E-state index in [9.17, 15) is 4.79 Å². The van der Waals surface area contributed by atoms with Crippen molar-refractivity contribution < 1.29 is 9.53 Å². The monoisotopic (exact) mass is 348 g/mol. The van der Waals surface area contributed by atoms with Gasteiger partial charge >= 0.3 is 0 Å². The first-order valence-corrected chi connectivity index (χ1v) is 8.85. The quantitative estimate of drug-likeness (QED) is 0.674. The van der Waals surface area contributed by atoms with Gasteiger partial charge < -0.3 is 14.6 Å². The minimum atomic E-state index is -0.0890. The van der Waals surface area contributed by atoms with Gasteiger partial charge in [-0.15, -0.1) is 0 Å². The Morgan fingerprint density at radius 1 is 1.08 bits per heavy atom. The number of hydrogen-bond acceptors (Lipinski definition) is 2. The van der Waals surface area contributed by atoms with Gasteiger partial charge in [-0.3, -0.25) is 4.79 Å². The fourth-order valence-electron chi connectivity index (χ4n) is 3.13. The molecule has 1 aromatic heterocycles. The van der Waals surface area contributed by atoms with Crippen molar-refractivity contribution in [1.82, 2.24) is 4.57 Å². The Hall–Kier alpha value is -3.01. The summed E-state index contributed by atoms with van der Waals surface area (Å²) in [6.45, 7) is 2.09. The van der Waals surface area contributed by atoms with E-state index >= 15 is 0 Å². The van der Waals surface area contributed by atoms with Crippen molar-refractivity contribution in [2.75, 3.05) is 12.4 Å². The van der Waals surface area contributed by atoms with E-state index in [-0.39, 0.29) is 11.9 Å². The van der Waals surface area contributed by atoms with Crippen molar-refractivity contribution >= 4 is 11.6 Å². The molecule has 4 heteroatoms. The summed E-state index contributed by atoms with van der Waals surface area (Å²) in [6.07, 6.45) is 5.20. The number of anilines is 1. The second-order valence-electron chi connectivity index (χ2n) is 6.19. The van der Waals surface area contributed by atoms with Crippen LogP contribution < -0.4 is 10.1 Å². The highest BCUT2D eigenvalue weighted by atomic mass is 16.5. The first-order chi connectivity index (χ1) is 12.7. The highest BCUT2D eigenvalue weighted by Crippen LogP contribution is 2.26. The summed E-state index contributed by atoms with van der Waals surface area (Å²) in [7, 11) is 1.65. The Morgan fingerprint density at radius 3 is 2.58 bits per heavy atom. The number of amides is 1. The lowest BCUT2D eigenvalue weighted by Gasteiger charge is -2.20. The van der Waals surface area contributed by atoms with Crippen LogP contribution in [-0.2, 0) is 11.2 Å². The number of carbonyl (C=O) groups is 1. The summed E-state index contributed by atoms with van der Waals surface area (Å²) < 4.78 is 7.40. The summed E-state index contributed by atoms with van der Waals surface area (Å²) >= 11 is 0. The number of hydrogen-bond donors (Lipinski definition) is 1. The Bertz CT molecular complexity index is 856. The Labute approximate surface area is 154 Å². The minimum absolute atomic E-state index is 0.00702. The smallest absolute Gasteiger partial charge is 0.226 e. The molecule has 0 spiro atoms. The maximum atomic E-state index is 12.8. The molecule has 134 valence electrons. The largest absolute Gasteiger partial charge is 0.497 e. The molecule has 1 amide bonds. The molecule has 0 bridgehead atoms. The topological polar surface area (TPSA) is 43.3 Å². The van der Waals surface area contributed by atoms with Gasteiger partial charge in [0.1, 0.15) is 5.75 Å². The van der Waals surface area contributed by atoms with Crippen LogP contribution in [0, 0.1) is 0 Å². The SMILES string of the molecule is CCc1ccccc1NC(=O)C[C@@H](c1cccc(OC)c1)n1cccc1. The van der Waals surface area contributed by atoms with Crippen molar-refractivity contribution in [2.45, 2.75) is 25.8 Å². The highest BCUT2D eigenvalue weighted by molar-refractivity contribution is 5.92. The number of aryl methyl sites for hydroxylation is 1. The highest BCUT2D eigenvalue weighted by Gasteiger charge is 2.18. The van der Waals surface area contributed by atoms with E-state index in [0.29, 0.717) is 6.42 Å². The summed E-state index contributed by atoms with van der Waals surface area (Å²) in [5.74, 6) is 0.781. The lowest BCUT2D eigenvalue weighted by Crippen LogP contribution is -2.20. The van der Waals surface area contributed by atoms with Crippen LogP contribution in [0.3, 0.4) is 0 Å². The molecule has 0 saturated carbocycles. The molecule has 0 aliphatic carbocycles. The summed E-state index contributed by atoms with van der Waals surface area (Å²) in [5.41, 5.74) is 3.07. The molecule has 0 fully saturated rings. The van der Waals surface area contributed by atoms with E-state index in [4.69, 9.17) is 4.74 Å². The molecular formula is C22H24N2O2. The van der Waals surface area contributed by atoms with Gasteiger partial charge in [0.05, 0.1) is 19.6 Å². The number of benzene rings is 2. The van der Waals surface area contributed by atoms with E-state index in [2.05, 4.69) is 16.8 Å². The van der Waals surface area contributed by atoms with Crippen LogP contribution in [0.2, 0.25) is 0 Å². The predicted octanol–water partition coefficient (Wildman–Crippen LogP) is 4.68. The lowest BCUT2D eigenvalue weighted by molar-refractivity contribution is -0.116. The first-order valence-electron chi connectivity index (χ1n) is 8.85. The average molecular weight is 348 g/mol. The standard InChI is InChI=1S/C22H24N2O2/c1-3-17-9-4-5-12-20(17)23-22(25)16-21(24-13-6-7-14-24)18-10-8-11-19(15-18)26-2/h4-15,21H,3,16H2,1-2H3,(H,23,25)/t21-/m0/s1. The molecule has 1 heterocycles. The fraction of sp³-hybridized carbons (Fsp3) is 0.227. The third-order valence-electron chi connectivity index (χ3n) is 4.52. The Morgan fingerprint density at radius 2 is 1.85 bits per heavy atom. The molecule has 4 nitrogen and oxygen atoms in total. The van der Waals surface area contributed by atoms with Gasteiger partial charge in [0.15, 0.2) is 0 Å². The third-order valence-corrected chi connectivity index (χ3v) is 4.52. The molecule has 0 aliphatic heterocycles. The van der Waals surface area contributed by atoms with Crippen molar-refractivity contribution in [2.24, 2.45) is 0 Å². The molecule has 0 unspecified atom stereocenters. The molecule has 1 N–H and O–H groups in total. The number of nitrogens with one attached hydrogen (secondary N) is 1. The van der Waals surface area contributed by atoms with Crippen LogP contribution in [0.25, 0.3) is 0 Å². The van der Waals surface area contributed by atoms with E-state index < -0.39 is 0 Å². The van der Waals surface area contributed by atoms with Crippen molar-refractivity contribution in [1.29, 1.82) is 0 Å². The molecule has 26 heavy (non-hydrogen) atoms. The number of methoxy groups -OCH3 is 1. The second kappa shape index (κ2) is 8.39. The first kappa shape index (κ1) is 17.8. The maximum absolute atomic E-state index is 12.8. The summed E-state index contributed by atoms with van der Waals surface area (Å²) in [5, 5.41) is 3.07. The van der Waals surface area contributed by atoms with Gasteiger partial charge in [-0.25, -0.2) is 0 Å². The Balaban J connectivity index is 1.83. The van der Waals surface area contributed by atoms with Crippen LogP contribution in [0.5, 0.6) is 5.75 Å². The Kier molecular flexibility index (Phi) is 5.74. The number of para-hydroxylation sites is 1. The number of ether oxygens (including phenoxy) is 1. The fourth-order valence-corrected chi connectivity index (χ4v) is 3.13. The zero-order valence-corrected chi connectivity index (χ0v) is 15.2. The van der Waals surface area contributed by atoms with Crippen molar-refractivity contribution in [3.05, 3.63) is 84.2 Å². The molecule has 3 aromatic rings. The van der Waals surface area contributed by atoms with E-state index in [1.54, 1.807) is 7.11 Å². The van der Waals surface area contributed by atoms with Crippen molar-refractivity contribution in [3.63, 3.8) is 0 Å². The van der Waals surface area contributed by atoms with Crippen LogP contribution in [0.1, 0.15) is 30.5 Å². The maximum Gasteiger partial charge on any atom is 0.226 e. The zero-order chi connectivity index (χ0) is 18.4. The second-order valence-corrected chi connectivity index (χ2v) is 6.19. The van der Waals surface area contributed by atoms with Crippen LogP contribution in [-0.4, -0.2) is 17.6 Å². The lowest BCUT2D eigenvalue weighted by atomic mass is 10.0. The van der Waals surface area contributed by atoms with Crippen LogP contribution in [0.4, 0.5) is 5.69 Å². The van der Waals surface area contributed by atoms with E-state index in [1.807, 2.05) is 73.1 Å². The van der Waals surface area contributed by atoms with Gasteiger partial charge in [0, 0.05) is 18.1 Å². The van der Waals surface area contributed by atoms with Gasteiger partial charge in [-0.1, -0.05) is 37.3 Å². The number of nitrogens with zero attached hydrogens (tertiary/aromatic N) is 1. The summed E-state index contributed by atoms with van der Waals surface area (Å²) in [4.78, 5) is 12.8. The molecule has 0 radical (unpaired) electrons. The normalized spacial score (nSPS) is 11.8. The molecular weight excluding hydrogens is 324 g/mol. The number of rotatable bonds is 7. The average Bonchev–Trinajstić information content (AvgIpc) is 3.21. The van der Waals surface area contributed by atoms with Crippen LogP contribution >= 0.6 is 0 Å². The molecule has 3 rings (SSSR count). The van der Waals surface area contributed by atoms with Gasteiger partial charge in [0.2, 0.25) is 5.91 Å². The third kappa shape index (κ3) is 4.14. The molecule has 0 aliphatic rings. The summed E-state index contributed by atoms with van der Waals surface area (Å²) in [6, 6.07) is 19.7. The van der Waals surface area contributed by atoms with E-state index in [1.165, 1.54) is 0 Å². The van der Waals surface area contributed by atoms with Gasteiger partial charge in [0.25, 0.3) is 0 Å². The van der Waals surface area contributed by atoms with Crippen LogP contribution in [0.15, 0.2) is 73.1 Å². The number of aromatic nitrogens is 1. The van der Waals surface area contributed by atoms with E-state index in [0.717, 1.165) is 29.0 Å². The van der Waals surface area contributed by atoms with Crippen molar-refractivity contribution in [3.8, 4) is 5.75 Å². The molecule has 0 saturated heterocycles.